The second kappa shape index (κ2) is 5.61. The number of rotatable bonds is 4. The van der Waals surface area contributed by atoms with Gasteiger partial charge in [-0.15, -0.1) is 11.8 Å². The second-order valence-corrected chi connectivity index (χ2v) is 5.64. The standard InChI is InChI=1S/C10H20N2OS/c1-8(7-11)14-9(2)10(13)12-5-3-4-6-12/h8-9H,3-7,11H2,1-2H3. The average Bonchev–Trinajstić information content (AvgIpc) is 2.69. The Labute approximate surface area is 90.4 Å². The Morgan fingerprint density at radius 1 is 1.43 bits per heavy atom. The van der Waals surface area contributed by atoms with Gasteiger partial charge in [0.2, 0.25) is 5.91 Å². The SMILES string of the molecule is CC(CN)SC(C)C(=O)N1CCCC1. The maximum atomic E-state index is 11.9. The molecule has 2 atom stereocenters. The van der Waals surface area contributed by atoms with Gasteiger partial charge < -0.3 is 10.6 Å². The van der Waals surface area contributed by atoms with Gasteiger partial charge in [-0.25, -0.2) is 0 Å². The quantitative estimate of drug-likeness (QED) is 0.765. The van der Waals surface area contributed by atoms with Gasteiger partial charge in [-0.1, -0.05) is 6.92 Å². The molecule has 0 bridgehead atoms. The van der Waals surface area contributed by atoms with Crippen LogP contribution in [0.15, 0.2) is 0 Å². The van der Waals surface area contributed by atoms with Gasteiger partial charge in [-0.05, 0) is 19.8 Å². The number of nitrogens with two attached hydrogens (primary N) is 1. The van der Waals surface area contributed by atoms with E-state index in [9.17, 15) is 4.79 Å². The summed E-state index contributed by atoms with van der Waals surface area (Å²) in [7, 11) is 0. The van der Waals surface area contributed by atoms with Crippen molar-refractivity contribution in [2.24, 2.45) is 5.73 Å². The lowest BCUT2D eigenvalue weighted by Crippen LogP contribution is -2.35. The zero-order chi connectivity index (χ0) is 10.6. The summed E-state index contributed by atoms with van der Waals surface area (Å²) in [4.78, 5) is 13.8. The van der Waals surface area contributed by atoms with Crippen LogP contribution in [-0.2, 0) is 4.79 Å². The van der Waals surface area contributed by atoms with E-state index in [1.54, 1.807) is 11.8 Å². The van der Waals surface area contributed by atoms with Gasteiger partial charge in [-0.2, -0.15) is 0 Å². The molecule has 0 saturated carbocycles. The number of nitrogens with zero attached hydrogens (tertiary/aromatic N) is 1. The van der Waals surface area contributed by atoms with E-state index in [1.165, 1.54) is 0 Å². The van der Waals surface area contributed by atoms with Crippen LogP contribution >= 0.6 is 11.8 Å². The summed E-state index contributed by atoms with van der Waals surface area (Å²) in [6, 6.07) is 0. The summed E-state index contributed by atoms with van der Waals surface area (Å²) in [6.45, 7) is 6.58. The maximum Gasteiger partial charge on any atom is 0.235 e. The van der Waals surface area contributed by atoms with Gasteiger partial charge in [0.15, 0.2) is 0 Å². The van der Waals surface area contributed by atoms with Crippen molar-refractivity contribution in [3.05, 3.63) is 0 Å². The summed E-state index contributed by atoms with van der Waals surface area (Å²) in [5.74, 6) is 0.285. The van der Waals surface area contributed by atoms with Gasteiger partial charge in [0.25, 0.3) is 0 Å². The molecule has 1 fully saturated rings. The van der Waals surface area contributed by atoms with Gasteiger partial charge in [-0.3, -0.25) is 4.79 Å². The van der Waals surface area contributed by atoms with Crippen LogP contribution < -0.4 is 5.73 Å². The summed E-state index contributed by atoms with van der Waals surface area (Å²) in [5, 5.41) is 0.434. The molecular formula is C10H20N2OS. The van der Waals surface area contributed by atoms with Crippen LogP contribution in [-0.4, -0.2) is 40.9 Å². The Morgan fingerprint density at radius 2 is 2.00 bits per heavy atom. The van der Waals surface area contributed by atoms with Gasteiger partial charge >= 0.3 is 0 Å². The molecule has 0 aromatic heterocycles. The number of likely N-dealkylation sites (tertiary alicyclic amines) is 1. The lowest BCUT2D eigenvalue weighted by atomic mass is 10.4. The fourth-order valence-electron chi connectivity index (χ4n) is 1.66. The number of amides is 1. The monoisotopic (exact) mass is 216 g/mol. The maximum absolute atomic E-state index is 11.9. The van der Waals surface area contributed by atoms with Crippen LogP contribution in [0.25, 0.3) is 0 Å². The molecular weight excluding hydrogens is 196 g/mol. The lowest BCUT2D eigenvalue weighted by Gasteiger charge is -2.21. The highest BCUT2D eigenvalue weighted by atomic mass is 32.2. The van der Waals surface area contributed by atoms with Crippen LogP contribution in [0, 0.1) is 0 Å². The number of carbonyl (C=O) groups excluding carboxylic acids is 1. The third kappa shape index (κ3) is 3.17. The van der Waals surface area contributed by atoms with E-state index in [0.29, 0.717) is 11.8 Å². The molecule has 1 aliphatic rings. The van der Waals surface area contributed by atoms with Crippen LogP contribution in [0.3, 0.4) is 0 Å². The summed E-state index contributed by atoms with van der Waals surface area (Å²) in [6.07, 6.45) is 2.32. The van der Waals surface area contributed by atoms with E-state index < -0.39 is 0 Å². The Morgan fingerprint density at radius 3 is 2.50 bits per heavy atom. The minimum absolute atomic E-state index is 0.0617. The van der Waals surface area contributed by atoms with Crippen molar-refractivity contribution in [2.45, 2.75) is 37.2 Å². The van der Waals surface area contributed by atoms with E-state index in [1.807, 2.05) is 11.8 Å². The fraction of sp³-hybridized carbons (Fsp3) is 0.900. The molecule has 3 nitrogen and oxygen atoms in total. The molecule has 2 unspecified atom stereocenters. The first-order valence-electron chi connectivity index (χ1n) is 5.29. The summed E-state index contributed by atoms with van der Waals surface area (Å²) < 4.78 is 0. The smallest absolute Gasteiger partial charge is 0.235 e. The molecule has 0 aromatic rings. The van der Waals surface area contributed by atoms with Gasteiger partial charge in [0.1, 0.15) is 0 Å². The third-order valence-corrected chi connectivity index (χ3v) is 3.80. The fourth-order valence-corrected chi connectivity index (χ4v) is 2.73. The van der Waals surface area contributed by atoms with Crippen molar-refractivity contribution in [3.63, 3.8) is 0 Å². The number of hydrogen-bond donors (Lipinski definition) is 1. The Balaban J connectivity index is 2.35. The van der Waals surface area contributed by atoms with Crippen LogP contribution in [0.4, 0.5) is 0 Å². The zero-order valence-electron chi connectivity index (χ0n) is 9.03. The van der Waals surface area contributed by atoms with E-state index in [2.05, 4.69) is 6.92 Å². The Hall–Kier alpha value is -0.220. The van der Waals surface area contributed by atoms with Crippen molar-refractivity contribution < 1.29 is 4.79 Å². The van der Waals surface area contributed by atoms with Crippen LogP contribution in [0.1, 0.15) is 26.7 Å². The molecule has 0 radical (unpaired) electrons. The summed E-state index contributed by atoms with van der Waals surface area (Å²) >= 11 is 1.68. The highest BCUT2D eigenvalue weighted by Crippen LogP contribution is 2.20. The predicted octanol–water partition coefficient (Wildman–Crippen LogP) is 1.08. The van der Waals surface area contributed by atoms with E-state index in [0.717, 1.165) is 25.9 Å². The molecule has 1 amide bonds. The van der Waals surface area contributed by atoms with E-state index in [-0.39, 0.29) is 11.2 Å². The van der Waals surface area contributed by atoms with Crippen LogP contribution in [0.2, 0.25) is 0 Å². The molecule has 0 spiro atoms. The second-order valence-electron chi connectivity index (χ2n) is 3.86. The van der Waals surface area contributed by atoms with Crippen molar-refractivity contribution >= 4 is 17.7 Å². The number of thioether (sulfide) groups is 1. The highest BCUT2D eigenvalue weighted by molar-refractivity contribution is 8.01. The predicted molar refractivity (Wildman–Crippen MR) is 61.4 cm³/mol. The molecule has 1 rings (SSSR count). The zero-order valence-corrected chi connectivity index (χ0v) is 9.85. The molecule has 4 heteroatoms. The normalized spacial score (nSPS) is 20.9. The lowest BCUT2D eigenvalue weighted by molar-refractivity contribution is -0.129. The topological polar surface area (TPSA) is 46.3 Å². The van der Waals surface area contributed by atoms with Crippen molar-refractivity contribution in [3.8, 4) is 0 Å². The minimum Gasteiger partial charge on any atom is -0.342 e. The molecule has 1 aliphatic heterocycles. The molecule has 1 heterocycles. The highest BCUT2D eigenvalue weighted by Gasteiger charge is 2.24. The first-order chi connectivity index (χ1) is 6.65. The van der Waals surface area contributed by atoms with E-state index in [4.69, 9.17) is 5.73 Å². The van der Waals surface area contributed by atoms with Gasteiger partial charge in [0.05, 0.1) is 5.25 Å². The van der Waals surface area contributed by atoms with E-state index >= 15 is 0 Å². The third-order valence-electron chi connectivity index (χ3n) is 2.53. The molecule has 0 aromatic carbocycles. The largest absolute Gasteiger partial charge is 0.342 e. The van der Waals surface area contributed by atoms with Gasteiger partial charge in [0, 0.05) is 24.9 Å². The molecule has 0 aliphatic carbocycles. The minimum atomic E-state index is 0.0617. The number of hydrogen-bond acceptors (Lipinski definition) is 3. The van der Waals surface area contributed by atoms with Crippen LogP contribution in [0.5, 0.6) is 0 Å². The first-order valence-corrected chi connectivity index (χ1v) is 6.23. The first kappa shape index (κ1) is 11.9. The Bertz CT molecular complexity index is 193. The molecule has 2 N–H and O–H groups in total. The van der Waals surface area contributed by atoms with Crippen molar-refractivity contribution in [1.29, 1.82) is 0 Å². The van der Waals surface area contributed by atoms with Crippen molar-refractivity contribution in [1.82, 2.24) is 4.90 Å². The summed E-state index contributed by atoms with van der Waals surface area (Å²) in [5.41, 5.74) is 5.53. The molecule has 82 valence electrons. The number of carbonyl (C=O) groups is 1. The molecule has 14 heavy (non-hydrogen) atoms. The average molecular weight is 216 g/mol. The molecule has 1 saturated heterocycles. The Kier molecular flexibility index (Phi) is 4.75. The van der Waals surface area contributed by atoms with Crippen molar-refractivity contribution in [2.75, 3.05) is 19.6 Å².